The highest BCUT2D eigenvalue weighted by Crippen LogP contribution is 2.34. The molecule has 10 heteroatoms. The van der Waals surface area contributed by atoms with E-state index in [0.29, 0.717) is 28.9 Å². The van der Waals surface area contributed by atoms with Crippen LogP contribution in [0, 0.1) is 11.8 Å². The zero-order chi connectivity index (χ0) is 22.3. The molecule has 2 saturated heterocycles. The second-order valence-electron chi connectivity index (χ2n) is 8.10. The Hall–Kier alpha value is -2.72. The Bertz CT molecular complexity index is 1170. The van der Waals surface area contributed by atoms with Gasteiger partial charge in [0.05, 0.1) is 10.5 Å². The molecule has 31 heavy (non-hydrogen) atoms. The van der Waals surface area contributed by atoms with Crippen molar-refractivity contribution in [2.45, 2.75) is 20.3 Å². The molecule has 162 valence electrons. The minimum atomic E-state index is -1.15. The van der Waals surface area contributed by atoms with Gasteiger partial charge in [0.15, 0.2) is 0 Å². The summed E-state index contributed by atoms with van der Waals surface area (Å²) < 4.78 is 1.61. The number of thiocarbonyl (C=S) groups is 1. The molecule has 0 aliphatic carbocycles. The maximum absolute atomic E-state index is 13.4. The van der Waals surface area contributed by atoms with Gasteiger partial charge in [-0.15, -0.1) is 0 Å². The van der Waals surface area contributed by atoms with Crippen LogP contribution in [-0.4, -0.2) is 55.2 Å². The fourth-order valence-corrected chi connectivity index (χ4v) is 5.43. The SMILES string of the molecule is CC1CC(C)CN(c2nc3ccccn3c(=O)c2/C=C2/SC(=S)N(CC(=O)O)C2=O)C1. The van der Waals surface area contributed by atoms with Crippen LogP contribution >= 0.6 is 24.0 Å². The van der Waals surface area contributed by atoms with E-state index in [4.69, 9.17) is 22.3 Å². The van der Waals surface area contributed by atoms with E-state index in [1.165, 1.54) is 10.5 Å². The molecular weight excluding hydrogens is 436 g/mol. The van der Waals surface area contributed by atoms with E-state index < -0.39 is 18.4 Å². The number of amides is 1. The fourth-order valence-electron chi connectivity index (χ4n) is 4.20. The zero-order valence-electron chi connectivity index (χ0n) is 17.1. The lowest BCUT2D eigenvalue weighted by Crippen LogP contribution is -2.40. The number of carbonyl (C=O) groups excluding carboxylic acids is 1. The van der Waals surface area contributed by atoms with Crippen molar-refractivity contribution in [3.8, 4) is 0 Å². The van der Waals surface area contributed by atoms with E-state index >= 15 is 0 Å². The first kappa shape index (κ1) is 21.5. The summed E-state index contributed by atoms with van der Waals surface area (Å²) >= 11 is 6.18. The summed E-state index contributed by atoms with van der Waals surface area (Å²) in [5.74, 6) is -0.232. The molecule has 2 atom stereocenters. The number of carbonyl (C=O) groups is 2. The quantitative estimate of drug-likeness (QED) is 0.552. The van der Waals surface area contributed by atoms with Gasteiger partial charge in [0.2, 0.25) is 0 Å². The molecule has 2 fully saturated rings. The molecule has 8 nitrogen and oxygen atoms in total. The largest absolute Gasteiger partial charge is 0.480 e. The van der Waals surface area contributed by atoms with Crippen LogP contribution in [0.4, 0.5) is 5.82 Å². The van der Waals surface area contributed by atoms with Crippen LogP contribution in [0.15, 0.2) is 34.1 Å². The third kappa shape index (κ3) is 4.22. The average molecular weight is 459 g/mol. The second-order valence-corrected chi connectivity index (χ2v) is 9.77. The molecule has 0 aromatic carbocycles. The lowest BCUT2D eigenvalue weighted by Gasteiger charge is -2.36. The van der Waals surface area contributed by atoms with Gasteiger partial charge >= 0.3 is 5.97 Å². The summed E-state index contributed by atoms with van der Waals surface area (Å²) in [6, 6.07) is 5.35. The molecule has 0 radical (unpaired) electrons. The summed E-state index contributed by atoms with van der Waals surface area (Å²) in [4.78, 5) is 45.4. The number of hydrogen-bond donors (Lipinski definition) is 1. The van der Waals surface area contributed by atoms with Crippen molar-refractivity contribution in [2.24, 2.45) is 11.8 Å². The van der Waals surface area contributed by atoms with Gasteiger partial charge in [-0.3, -0.25) is 23.7 Å². The summed E-state index contributed by atoms with van der Waals surface area (Å²) in [6.07, 6.45) is 4.25. The number of carboxylic acid groups (broad SMARTS) is 1. The summed E-state index contributed by atoms with van der Waals surface area (Å²) in [7, 11) is 0. The van der Waals surface area contributed by atoms with Crippen molar-refractivity contribution >= 4 is 57.7 Å². The molecule has 1 N–H and O–H groups in total. The predicted octanol–water partition coefficient (Wildman–Crippen LogP) is 2.46. The normalized spacial score (nSPS) is 23.2. The average Bonchev–Trinajstić information content (AvgIpc) is 2.96. The summed E-state index contributed by atoms with van der Waals surface area (Å²) in [5.41, 5.74) is 0.555. The Morgan fingerprint density at radius 1 is 1.29 bits per heavy atom. The maximum atomic E-state index is 13.4. The lowest BCUT2D eigenvalue weighted by molar-refractivity contribution is -0.140. The Labute approximate surface area is 188 Å². The van der Waals surface area contributed by atoms with Gasteiger partial charge < -0.3 is 10.0 Å². The van der Waals surface area contributed by atoms with Crippen LogP contribution in [0.1, 0.15) is 25.8 Å². The minimum Gasteiger partial charge on any atom is -0.480 e. The molecule has 1 amide bonds. The number of anilines is 1. The van der Waals surface area contributed by atoms with E-state index in [0.717, 1.165) is 36.2 Å². The number of piperidine rings is 1. The zero-order valence-corrected chi connectivity index (χ0v) is 18.8. The van der Waals surface area contributed by atoms with Crippen LogP contribution in [0.3, 0.4) is 0 Å². The Balaban J connectivity index is 1.85. The highest BCUT2D eigenvalue weighted by Gasteiger charge is 2.34. The molecule has 4 heterocycles. The van der Waals surface area contributed by atoms with Crippen molar-refractivity contribution in [3.63, 3.8) is 0 Å². The van der Waals surface area contributed by atoms with Crippen LogP contribution in [0.2, 0.25) is 0 Å². The molecule has 0 bridgehead atoms. The number of nitrogens with zero attached hydrogens (tertiary/aromatic N) is 4. The number of aromatic nitrogens is 2. The van der Waals surface area contributed by atoms with Crippen molar-refractivity contribution in [3.05, 3.63) is 45.2 Å². The van der Waals surface area contributed by atoms with Crippen LogP contribution in [-0.2, 0) is 9.59 Å². The topological polar surface area (TPSA) is 95.2 Å². The number of thioether (sulfide) groups is 1. The Morgan fingerprint density at radius 2 is 2.00 bits per heavy atom. The summed E-state index contributed by atoms with van der Waals surface area (Å²) in [5, 5.41) is 9.06. The minimum absolute atomic E-state index is 0.161. The third-order valence-electron chi connectivity index (χ3n) is 5.36. The molecule has 0 spiro atoms. The molecule has 2 aliphatic heterocycles. The first-order valence-corrected chi connectivity index (χ1v) is 11.2. The standard InChI is InChI=1S/C21H22N4O4S2/c1-12-7-13(2)10-23(9-12)18-14(19(28)24-6-4-3-5-16(24)22-18)8-15-20(29)25(11-17(26)27)21(30)31-15/h3-6,8,12-13H,7,9-11H2,1-2H3,(H,26,27)/b15-8+. The smallest absolute Gasteiger partial charge is 0.323 e. The third-order valence-corrected chi connectivity index (χ3v) is 6.74. The summed E-state index contributed by atoms with van der Waals surface area (Å²) in [6.45, 7) is 5.37. The van der Waals surface area contributed by atoms with E-state index in [1.54, 1.807) is 18.3 Å². The number of fused-ring (bicyclic) bond motifs is 1. The van der Waals surface area contributed by atoms with Crippen molar-refractivity contribution in [1.29, 1.82) is 0 Å². The van der Waals surface area contributed by atoms with Gasteiger partial charge in [-0.05, 0) is 36.5 Å². The molecule has 2 aromatic heterocycles. The number of rotatable bonds is 4. The molecule has 2 unspecified atom stereocenters. The second kappa shape index (κ2) is 8.43. The van der Waals surface area contributed by atoms with E-state index in [1.807, 2.05) is 6.07 Å². The first-order valence-electron chi connectivity index (χ1n) is 9.98. The first-order chi connectivity index (χ1) is 14.7. The van der Waals surface area contributed by atoms with Gasteiger partial charge in [0, 0.05) is 19.3 Å². The van der Waals surface area contributed by atoms with E-state index in [2.05, 4.69) is 18.7 Å². The molecule has 0 saturated carbocycles. The van der Waals surface area contributed by atoms with Crippen LogP contribution in [0.5, 0.6) is 0 Å². The Kier molecular flexibility index (Phi) is 5.85. The van der Waals surface area contributed by atoms with E-state index in [9.17, 15) is 14.4 Å². The van der Waals surface area contributed by atoms with Gasteiger partial charge in [-0.1, -0.05) is 43.9 Å². The van der Waals surface area contributed by atoms with Crippen molar-refractivity contribution in [2.75, 3.05) is 24.5 Å². The van der Waals surface area contributed by atoms with Gasteiger partial charge in [-0.2, -0.15) is 0 Å². The van der Waals surface area contributed by atoms with Gasteiger partial charge in [-0.25, -0.2) is 4.98 Å². The Morgan fingerprint density at radius 3 is 2.68 bits per heavy atom. The molecule has 4 rings (SSSR count). The molecular formula is C21H22N4O4S2. The predicted molar refractivity (Wildman–Crippen MR) is 124 cm³/mol. The van der Waals surface area contributed by atoms with E-state index in [-0.39, 0.29) is 14.8 Å². The van der Waals surface area contributed by atoms with Crippen LogP contribution in [0.25, 0.3) is 11.7 Å². The van der Waals surface area contributed by atoms with Crippen molar-refractivity contribution < 1.29 is 14.7 Å². The molecule has 2 aliphatic rings. The van der Waals surface area contributed by atoms with Gasteiger partial charge in [0.25, 0.3) is 11.5 Å². The fraction of sp³-hybridized carbons (Fsp3) is 0.381. The molecule has 2 aromatic rings. The lowest BCUT2D eigenvalue weighted by atomic mass is 9.91. The van der Waals surface area contributed by atoms with Crippen LogP contribution < -0.4 is 10.5 Å². The highest BCUT2D eigenvalue weighted by atomic mass is 32.2. The maximum Gasteiger partial charge on any atom is 0.323 e. The number of pyridine rings is 1. The monoisotopic (exact) mass is 458 g/mol. The number of carboxylic acids is 1. The number of aliphatic carboxylic acids is 1. The highest BCUT2D eigenvalue weighted by molar-refractivity contribution is 8.26. The number of hydrogen-bond acceptors (Lipinski definition) is 7. The van der Waals surface area contributed by atoms with Gasteiger partial charge in [0.1, 0.15) is 22.3 Å². The van der Waals surface area contributed by atoms with Crippen molar-refractivity contribution in [1.82, 2.24) is 14.3 Å².